The molecule has 3 N–H and O–H groups in total. The lowest BCUT2D eigenvalue weighted by Crippen LogP contribution is -2.18. The molecular formula is C28H31N5O3S. The van der Waals surface area contributed by atoms with E-state index < -0.39 is 10.8 Å². The number of pyridine rings is 2. The molecule has 0 fully saturated rings. The van der Waals surface area contributed by atoms with Gasteiger partial charge in [0, 0.05) is 102 Å². The van der Waals surface area contributed by atoms with Crippen molar-refractivity contribution in [1.29, 1.82) is 0 Å². The number of aromatic amines is 1. The van der Waals surface area contributed by atoms with Crippen molar-refractivity contribution in [3.05, 3.63) is 87.0 Å². The zero-order chi connectivity index (χ0) is 26.9. The van der Waals surface area contributed by atoms with E-state index in [-0.39, 0.29) is 17.2 Å². The van der Waals surface area contributed by atoms with Gasteiger partial charge in [0.15, 0.2) is 0 Å². The molecule has 4 aromatic rings. The molecule has 4 rings (SSSR count). The molecule has 9 heteroatoms. The van der Waals surface area contributed by atoms with Gasteiger partial charge in [-0.15, -0.1) is 0 Å². The van der Waals surface area contributed by atoms with Gasteiger partial charge in [-0.1, -0.05) is 24.3 Å². The number of hydrogen-bond acceptors (Lipinski definition) is 5. The second kappa shape index (κ2) is 10.6. The fourth-order valence-corrected chi connectivity index (χ4v) is 4.93. The van der Waals surface area contributed by atoms with Crippen LogP contribution < -0.4 is 16.9 Å². The fourth-order valence-electron chi connectivity index (χ4n) is 4.28. The lowest BCUT2D eigenvalue weighted by atomic mass is 9.94. The molecule has 1 unspecified atom stereocenters. The molecule has 0 aliphatic rings. The fraction of sp³-hybridized carbons (Fsp3) is 0.250. The highest BCUT2D eigenvalue weighted by molar-refractivity contribution is 7.83. The van der Waals surface area contributed by atoms with Crippen molar-refractivity contribution in [2.75, 3.05) is 6.26 Å². The number of allylic oxidation sites excluding steroid dienone is 1. The van der Waals surface area contributed by atoms with E-state index >= 15 is 0 Å². The topological polar surface area (TPSA) is 115 Å². The van der Waals surface area contributed by atoms with Gasteiger partial charge in [0.1, 0.15) is 5.52 Å². The molecule has 0 saturated heterocycles. The van der Waals surface area contributed by atoms with Crippen molar-refractivity contribution < 1.29 is 4.21 Å². The van der Waals surface area contributed by atoms with E-state index in [0.717, 1.165) is 22.3 Å². The van der Waals surface area contributed by atoms with E-state index in [1.165, 1.54) is 15.3 Å². The van der Waals surface area contributed by atoms with Crippen LogP contribution in [-0.4, -0.2) is 36.8 Å². The van der Waals surface area contributed by atoms with Crippen LogP contribution in [0.25, 0.3) is 38.7 Å². The van der Waals surface area contributed by atoms with E-state index in [9.17, 15) is 13.8 Å². The number of rotatable bonds is 7. The summed E-state index contributed by atoms with van der Waals surface area (Å²) in [6, 6.07) is 11.4. The predicted molar refractivity (Wildman–Crippen MR) is 153 cm³/mol. The summed E-state index contributed by atoms with van der Waals surface area (Å²) in [4.78, 5) is 33.5. The zero-order valence-corrected chi connectivity index (χ0v) is 22.4. The molecule has 37 heavy (non-hydrogen) atoms. The molecule has 1 aromatic carbocycles. The van der Waals surface area contributed by atoms with Crippen molar-refractivity contribution in [3.63, 3.8) is 0 Å². The third-order valence-electron chi connectivity index (χ3n) is 6.09. The molecule has 8 nitrogen and oxygen atoms in total. The number of aliphatic imine (C=N–C) groups is 1. The molecule has 3 heterocycles. The number of nitrogens with zero attached hydrogens (tertiary/aromatic N) is 3. The van der Waals surface area contributed by atoms with Crippen LogP contribution in [0.4, 0.5) is 0 Å². The summed E-state index contributed by atoms with van der Waals surface area (Å²) < 4.78 is 14.9. The van der Waals surface area contributed by atoms with Gasteiger partial charge >= 0.3 is 0 Å². The first-order valence-corrected chi connectivity index (χ1v) is 13.6. The van der Waals surface area contributed by atoms with Crippen molar-refractivity contribution in [3.8, 4) is 22.3 Å². The normalized spacial score (nSPS) is 13.2. The molecule has 0 spiro atoms. The molecule has 0 amide bonds. The molecule has 0 saturated carbocycles. The average Bonchev–Trinajstić information content (AvgIpc) is 3.28. The second-order valence-electron chi connectivity index (χ2n) is 9.39. The van der Waals surface area contributed by atoms with Crippen LogP contribution in [-0.2, 0) is 30.6 Å². The number of nitrogens with two attached hydrogens (primary N) is 1. The number of nitrogens with one attached hydrogen (secondary N) is 1. The monoisotopic (exact) mass is 517 g/mol. The Morgan fingerprint density at radius 2 is 1.81 bits per heavy atom. The van der Waals surface area contributed by atoms with E-state index in [0.29, 0.717) is 33.5 Å². The predicted octanol–water partition coefficient (Wildman–Crippen LogP) is 3.56. The Labute approximate surface area is 217 Å². The summed E-state index contributed by atoms with van der Waals surface area (Å²) in [6.07, 6.45) is 8.36. The van der Waals surface area contributed by atoms with Gasteiger partial charge in [0.05, 0.1) is 0 Å². The first kappa shape index (κ1) is 26.1. The van der Waals surface area contributed by atoms with Gasteiger partial charge in [-0.2, -0.15) is 0 Å². The van der Waals surface area contributed by atoms with Crippen LogP contribution in [0.1, 0.15) is 25.1 Å². The minimum Gasteiger partial charge on any atom is -0.404 e. The van der Waals surface area contributed by atoms with Gasteiger partial charge in [0.25, 0.3) is 11.1 Å². The van der Waals surface area contributed by atoms with Crippen LogP contribution in [0.5, 0.6) is 0 Å². The van der Waals surface area contributed by atoms with Crippen molar-refractivity contribution >= 4 is 33.5 Å². The van der Waals surface area contributed by atoms with E-state index in [2.05, 4.69) is 9.98 Å². The Balaban J connectivity index is 2.00. The summed E-state index contributed by atoms with van der Waals surface area (Å²) in [5.41, 5.74) is 11.3. The molecule has 0 aliphatic carbocycles. The molecule has 0 aliphatic heterocycles. The number of benzene rings is 1. The molecular weight excluding hydrogens is 486 g/mol. The SMILES string of the molecule is CC(C)N=CC(=CN)c1cc2c(-c3cc(=O)n(C)cc3-c3cccc(CS(C)=O)c3)cn(C)c(=O)c2[nH]1. The standard InChI is InChI=1S/C28H31N5O3S/c1-17(2)30-13-20(12-29)25-10-22-24(15-33(4)28(35)27(22)31-25)21-11-26(34)32(3)14-23(21)19-8-6-7-18(9-19)16-37(5)36/h6-15,17,31H,16,29H2,1-5H3. The third kappa shape index (κ3) is 5.41. The van der Waals surface area contributed by atoms with Gasteiger partial charge < -0.3 is 19.9 Å². The highest BCUT2D eigenvalue weighted by Gasteiger charge is 2.18. The van der Waals surface area contributed by atoms with Crippen molar-refractivity contribution in [2.45, 2.75) is 25.6 Å². The summed E-state index contributed by atoms with van der Waals surface area (Å²) in [5, 5.41) is 0.677. The molecule has 0 bridgehead atoms. The van der Waals surface area contributed by atoms with Gasteiger partial charge in [-0.25, -0.2) is 0 Å². The summed E-state index contributed by atoms with van der Waals surface area (Å²) in [7, 11) is 2.40. The highest BCUT2D eigenvalue weighted by Crippen LogP contribution is 2.35. The Hall–Kier alpha value is -3.98. The molecule has 192 valence electrons. The maximum atomic E-state index is 13.1. The second-order valence-corrected chi connectivity index (χ2v) is 10.8. The largest absolute Gasteiger partial charge is 0.404 e. The van der Waals surface area contributed by atoms with Gasteiger partial charge in [-0.3, -0.25) is 18.8 Å². The number of aromatic nitrogens is 3. The molecule has 1 atom stereocenters. The van der Waals surface area contributed by atoms with Crippen LogP contribution >= 0.6 is 0 Å². The minimum absolute atomic E-state index is 0.0896. The first-order chi connectivity index (χ1) is 17.6. The Morgan fingerprint density at radius 3 is 2.49 bits per heavy atom. The number of hydrogen-bond donors (Lipinski definition) is 2. The highest BCUT2D eigenvalue weighted by atomic mass is 32.2. The maximum absolute atomic E-state index is 13.1. The smallest absolute Gasteiger partial charge is 0.274 e. The van der Waals surface area contributed by atoms with E-state index in [1.54, 1.807) is 45.0 Å². The summed E-state index contributed by atoms with van der Waals surface area (Å²) in [6.45, 7) is 3.93. The number of H-pyrrole nitrogens is 1. The van der Waals surface area contributed by atoms with Crippen molar-refractivity contribution in [1.82, 2.24) is 14.1 Å². The quantitative estimate of drug-likeness (QED) is 0.365. The Kier molecular flexibility index (Phi) is 7.45. The number of aryl methyl sites for hydroxylation is 2. The third-order valence-corrected chi connectivity index (χ3v) is 6.83. The van der Waals surface area contributed by atoms with Gasteiger partial charge in [0.2, 0.25) is 0 Å². The average molecular weight is 518 g/mol. The molecule has 0 radical (unpaired) electrons. The molecule has 3 aromatic heterocycles. The van der Waals surface area contributed by atoms with E-state index in [1.807, 2.05) is 44.2 Å². The number of fused-ring (bicyclic) bond motifs is 1. The lowest BCUT2D eigenvalue weighted by Gasteiger charge is -2.14. The summed E-state index contributed by atoms with van der Waals surface area (Å²) in [5.74, 6) is 0.437. The van der Waals surface area contributed by atoms with Crippen LogP contribution in [0, 0.1) is 0 Å². The van der Waals surface area contributed by atoms with E-state index in [4.69, 9.17) is 5.73 Å². The zero-order valence-electron chi connectivity index (χ0n) is 21.6. The van der Waals surface area contributed by atoms with Gasteiger partial charge in [-0.05, 0) is 36.6 Å². The lowest BCUT2D eigenvalue weighted by molar-refractivity contribution is 0.686. The van der Waals surface area contributed by atoms with Crippen LogP contribution in [0.2, 0.25) is 0 Å². The Bertz CT molecular complexity index is 1690. The van der Waals surface area contributed by atoms with Crippen LogP contribution in [0.15, 0.2) is 69.6 Å². The maximum Gasteiger partial charge on any atom is 0.274 e. The first-order valence-electron chi connectivity index (χ1n) is 11.9. The van der Waals surface area contributed by atoms with Crippen LogP contribution in [0.3, 0.4) is 0 Å². The Morgan fingerprint density at radius 1 is 1.08 bits per heavy atom. The summed E-state index contributed by atoms with van der Waals surface area (Å²) >= 11 is 0. The minimum atomic E-state index is -0.986. The van der Waals surface area contributed by atoms with Crippen molar-refractivity contribution in [2.24, 2.45) is 24.8 Å².